The molecule has 0 unspecified atom stereocenters. The van der Waals surface area contributed by atoms with Crippen molar-refractivity contribution in [3.8, 4) is 33.4 Å². The van der Waals surface area contributed by atoms with Gasteiger partial charge in [0.15, 0.2) is 0 Å². The topological polar surface area (TPSA) is 3.24 Å². The van der Waals surface area contributed by atoms with Gasteiger partial charge in [-0.15, -0.1) is 0 Å². The molecular formula is C47H35N. The van der Waals surface area contributed by atoms with Crippen LogP contribution in [0.4, 0.5) is 17.1 Å². The Labute approximate surface area is 282 Å². The van der Waals surface area contributed by atoms with Crippen LogP contribution in [0.3, 0.4) is 0 Å². The molecule has 228 valence electrons. The lowest BCUT2D eigenvalue weighted by Gasteiger charge is -2.27. The second kappa shape index (κ2) is 11.1. The highest BCUT2D eigenvalue weighted by Crippen LogP contribution is 2.50. The van der Waals surface area contributed by atoms with Crippen molar-refractivity contribution in [3.05, 3.63) is 187 Å². The van der Waals surface area contributed by atoms with Crippen LogP contribution in [-0.2, 0) is 5.41 Å². The van der Waals surface area contributed by atoms with Crippen molar-refractivity contribution >= 4 is 38.6 Å². The number of nitrogens with zero attached hydrogens (tertiary/aromatic N) is 1. The average molecular weight is 614 g/mol. The zero-order chi connectivity index (χ0) is 32.2. The summed E-state index contributed by atoms with van der Waals surface area (Å²) in [5.41, 5.74) is 13.7. The number of benzene rings is 8. The molecule has 8 aromatic rings. The van der Waals surface area contributed by atoms with Gasteiger partial charge in [0.05, 0.1) is 0 Å². The zero-order valence-electron chi connectivity index (χ0n) is 27.2. The van der Waals surface area contributed by atoms with Crippen LogP contribution >= 0.6 is 0 Å². The fraction of sp³-hybridized carbons (Fsp3) is 0.0638. The van der Waals surface area contributed by atoms with Crippen molar-refractivity contribution in [2.24, 2.45) is 0 Å². The third-order valence-electron chi connectivity index (χ3n) is 10.2. The summed E-state index contributed by atoms with van der Waals surface area (Å²) >= 11 is 0. The van der Waals surface area contributed by atoms with E-state index in [2.05, 4.69) is 195 Å². The van der Waals surface area contributed by atoms with Crippen molar-refractivity contribution in [1.29, 1.82) is 0 Å². The Hall–Kier alpha value is -5.92. The third kappa shape index (κ3) is 4.62. The summed E-state index contributed by atoms with van der Waals surface area (Å²) in [6.45, 7) is 4.72. The van der Waals surface area contributed by atoms with Crippen LogP contribution in [0.5, 0.6) is 0 Å². The van der Waals surface area contributed by atoms with Gasteiger partial charge in [0, 0.05) is 22.5 Å². The average Bonchev–Trinajstić information content (AvgIpc) is 3.37. The molecule has 0 saturated heterocycles. The van der Waals surface area contributed by atoms with Crippen LogP contribution in [0.25, 0.3) is 54.9 Å². The molecule has 0 fully saturated rings. The van der Waals surface area contributed by atoms with Gasteiger partial charge in [0.1, 0.15) is 0 Å². The number of anilines is 3. The summed E-state index contributed by atoms with van der Waals surface area (Å²) in [4.78, 5) is 2.38. The van der Waals surface area contributed by atoms with Crippen LogP contribution in [0.2, 0.25) is 0 Å². The molecule has 8 aromatic carbocycles. The SMILES string of the molecule is CC1(C)c2ccccc2-c2cc3ccc4cc(N(c5ccc(-c6ccccc6)cc5)c5cccc(-c6ccccc6)c5)ccc4c3cc21. The minimum atomic E-state index is -0.0330. The zero-order valence-corrected chi connectivity index (χ0v) is 27.2. The summed E-state index contributed by atoms with van der Waals surface area (Å²) in [5, 5.41) is 5.11. The Morgan fingerprint density at radius 3 is 1.69 bits per heavy atom. The lowest BCUT2D eigenvalue weighted by molar-refractivity contribution is 0.661. The first-order valence-corrected chi connectivity index (χ1v) is 16.8. The molecule has 0 radical (unpaired) electrons. The molecule has 0 amide bonds. The lowest BCUT2D eigenvalue weighted by atomic mass is 9.81. The van der Waals surface area contributed by atoms with E-state index in [1.54, 1.807) is 0 Å². The van der Waals surface area contributed by atoms with Gasteiger partial charge in [0.2, 0.25) is 0 Å². The van der Waals surface area contributed by atoms with E-state index in [9.17, 15) is 0 Å². The number of rotatable bonds is 5. The maximum Gasteiger partial charge on any atom is 0.0468 e. The molecule has 1 aliphatic rings. The molecule has 0 bridgehead atoms. The Balaban J connectivity index is 1.19. The maximum atomic E-state index is 2.45. The molecule has 0 heterocycles. The Morgan fingerprint density at radius 1 is 0.354 bits per heavy atom. The third-order valence-corrected chi connectivity index (χ3v) is 10.2. The van der Waals surface area contributed by atoms with Gasteiger partial charge in [-0.2, -0.15) is 0 Å². The fourth-order valence-corrected chi connectivity index (χ4v) is 7.72. The first kappa shape index (κ1) is 28.3. The van der Waals surface area contributed by atoms with E-state index in [1.807, 2.05) is 0 Å². The predicted octanol–water partition coefficient (Wildman–Crippen LogP) is 13.1. The summed E-state index contributed by atoms with van der Waals surface area (Å²) < 4.78 is 0. The molecule has 1 aliphatic carbocycles. The largest absolute Gasteiger partial charge is 0.310 e. The van der Waals surface area contributed by atoms with Crippen LogP contribution < -0.4 is 4.90 Å². The quantitative estimate of drug-likeness (QED) is 0.175. The minimum Gasteiger partial charge on any atom is -0.310 e. The van der Waals surface area contributed by atoms with E-state index in [4.69, 9.17) is 0 Å². The monoisotopic (exact) mass is 613 g/mol. The first-order valence-electron chi connectivity index (χ1n) is 16.8. The summed E-state index contributed by atoms with van der Waals surface area (Å²) in [6, 6.07) is 64.3. The minimum absolute atomic E-state index is 0.0330. The summed E-state index contributed by atoms with van der Waals surface area (Å²) in [6.07, 6.45) is 0. The Morgan fingerprint density at radius 2 is 0.938 bits per heavy atom. The van der Waals surface area contributed by atoms with Gasteiger partial charge < -0.3 is 4.90 Å². The molecule has 9 rings (SSSR count). The number of fused-ring (bicyclic) bond motifs is 6. The summed E-state index contributed by atoms with van der Waals surface area (Å²) in [7, 11) is 0. The van der Waals surface area contributed by atoms with Crippen molar-refractivity contribution < 1.29 is 0 Å². The second-order valence-electron chi connectivity index (χ2n) is 13.4. The van der Waals surface area contributed by atoms with Gasteiger partial charge in [-0.25, -0.2) is 0 Å². The molecule has 1 nitrogen and oxygen atoms in total. The van der Waals surface area contributed by atoms with Gasteiger partial charge in [0.25, 0.3) is 0 Å². The molecule has 0 aliphatic heterocycles. The van der Waals surface area contributed by atoms with E-state index in [1.165, 1.54) is 66.1 Å². The molecule has 0 spiro atoms. The van der Waals surface area contributed by atoms with E-state index in [0.29, 0.717) is 0 Å². The van der Waals surface area contributed by atoms with Crippen molar-refractivity contribution in [2.45, 2.75) is 19.3 Å². The van der Waals surface area contributed by atoms with Crippen LogP contribution in [0, 0.1) is 0 Å². The number of hydrogen-bond acceptors (Lipinski definition) is 1. The van der Waals surface area contributed by atoms with Gasteiger partial charge in [-0.1, -0.05) is 141 Å². The van der Waals surface area contributed by atoms with Crippen LogP contribution in [-0.4, -0.2) is 0 Å². The van der Waals surface area contributed by atoms with E-state index < -0.39 is 0 Å². The standard InChI is InChI=1S/C47H35N/c1-47(2)45-19-10-9-18-42(45)44-30-37-21-20-36-29-40(26-27-41(36)43(37)31-46(44)47)48(38-24-22-34(23-25-38)32-12-5-3-6-13-32)39-17-11-16-35(28-39)33-14-7-4-8-15-33/h3-31H,1-2H3. The smallest absolute Gasteiger partial charge is 0.0468 e. The highest BCUT2D eigenvalue weighted by molar-refractivity contribution is 6.10. The Bertz CT molecular complexity index is 2460. The predicted molar refractivity (Wildman–Crippen MR) is 205 cm³/mol. The van der Waals surface area contributed by atoms with E-state index >= 15 is 0 Å². The molecule has 0 N–H and O–H groups in total. The molecule has 48 heavy (non-hydrogen) atoms. The molecule has 0 saturated carbocycles. The van der Waals surface area contributed by atoms with Crippen LogP contribution in [0.1, 0.15) is 25.0 Å². The van der Waals surface area contributed by atoms with Crippen molar-refractivity contribution in [2.75, 3.05) is 4.90 Å². The second-order valence-corrected chi connectivity index (χ2v) is 13.4. The van der Waals surface area contributed by atoms with E-state index in [-0.39, 0.29) is 5.41 Å². The molecule has 0 atom stereocenters. The molecular weight excluding hydrogens is 579 g/mol. The van der Waals surface area contributed by atoms with Crippen molar-refractivity contribution in [1.82, 2.24) is 0 Å². The van der Waals surface area contributed by atoms with E-state index in [0.717, 1.165) is 17.1 Å². The maximum absolute atomic E-state index is 2.45. The molecule has 1 heteroatoms. The number of hydrogen-bond donors (Lipinski definition) is 0. The normalized spacial score (nSPS) is 13.0. The first-order chi connectivity index (χ1) is 23.5. The highest BCUT2D eigenvalue weighted by atomic mass is 15.1. The van der Waals surface area contributed by atoms with Crippen molar-refractivity contribution in [3.63, 3.8) is 0 Å². The van der Waals surface area contributed by atoms with Gasteiger partial charge >= 0.3 is 0 Å². The van der Waals surface area contributed by atoms with Crippen LogP contribution in [0.15, 0.2) is 176 Å². The summed E-state index contributed by atoms with van der Waals surface area (Å²) in [5.74, 6) is 0. The Kier molecular flexibility index (Phi) is 6.55. The molecule has 0 aromatic heterocycles. The van der Waals surface area contributed by atoms with Gasteiger partial charge in [-0.3, -0.25) is 0 Å². The lowest BCUT2D eigenvalue weighted by Crippen LogP contribution is -2.14. The van der Waals surface area contributed by atoms with Gasteiger partial charge in [-0.05, 0) is 115 Å². The fourth-order valence-electron chi connectivity index (χ4n) is 7.72. The highest BCUT2D eigenvalue weighted by Gasteiger charge is 2.35.